The molecule has 0 radical (unpaired) electrons. The van der Waals surface area contributed by atoms with Crippen molar-refractivity contribution in [3.63, 3.8) is 0 Å². The Morgan fingerprint density at radius 1 is 1.14 bits per heavy atom. The summed E-state index contributed by atoms with van der Waals surface area (Å²) in [5, 5.41) is 3.21. The maximum atomic E-state index is 13.1. The minimum absolute atomic E-state index is 0.000793. The van der Waals surface area contributed by atoms with E-state index in [1.807, 2.05) is 31.2 Å². The maximum absolute atomic E-state index is 13.1. The number of amides is 2. The number of aryl methyl sites for hydroxylation is 1. The fourth-order valence-corrected chi connectivity index (χ4v) is 4.41. The van der Waals surface area contributed by atoms with E-state index in [-0.39, 0.29) is 30.3 Å². The third kappa shape index (κ3) is 3.79. The van der Waals surface area contributed by atoms with E-state index in [2.05, 4.69) is 10.3 Å². The Balaban J connectivity index is 1.58. The van der Waals surface area contributed by atoms with Crippen molar-refractivity contribution in [1.29, 1.82) is 0 Å². The Morgan fingerprint density at radius 2 is 1.93 bits per heavy atom. The van der Waals surface area contributed by atoms with Crippen LogP contribution in [0.1, 0.15) is 72.6 Å². The van der Waals surface area contributed by atoms with Gasteiger partial charge in [0.1, 0.15) is 0 Å². The van der Waals surface area contributed by atoms with Gasteiger partial charge in [-0.25, -0.2) is 0 Å². The monoisotopic (exact) mass is 377 g/mol. The number of benzene rings is 1. The molecule has 2 aromatic rings. The van der Waals surface area contributed by atoms with E-state index < -0.39 is 0 Å². The summed E-state index contributed by atoms with van der Waals surface area (Å²) in [4.78, 5) is 32.1. The molecule has 2 aliphatic rings. The minimum Gasteiger partial charge on any atom is -0.353 e. The van der Waals surface area contributed by atoms with E-state index >= 15 is 0 Å². The molecule has 1 aromatic heterocycles. The van der Waals surface area contributed by atoms with Crippen LogP contribution < -0.4 is 10.2 Å². The minimum atomic E-state index is -0.365. The lowest BCUT2D eigenvalue weighted by Crippen LogP contribution is -2.38. The van der Waals surface area contributed by atoms with Gasteiger partial charge in [0.25, 0.3) is 5.91 Å². The summed E-state index contributed by atoms with van der Waals surface area (Å²) in [6.07, 6.45) is 8.88. The normalized spacial score (nSPS) is 20.0. The Hall–Kier alpha value is -2.69. The lowest BCUT2D eigenvalue weighted by Gasteiger charge is -2.26. The van der Waals surface area contributed by atoms with E-state index in [0.717, 1.165) is 24.1 Å². The van der Waals surface area contributed by atoms with E-state index in [9.17, 15) is 9.59 Å². The van der Waals surface area contributed by atoms with Crippen LogP contribution in [-0.2, 0) is 4.79 Å². The van der Waals surface area contributed by atoms with Crippen LogP contribution in [0.5, 0.6) is 0 Å². The molecule has 1 aromatic carbocycles. The van der Waals surface area contributed by atoms with Crippen LogP contribution in [0.15, 0.2) is 42.6 Å². The van der Waals surface area contributed by atoms with Gasteiger partial charge in [-0.3, -0.25) is 19.5 Å². The summed E-state index contributed by atoms with van der Waals surface area (Å²) in [6.45, 7) is 2.00. The molecule has 0 spiro atoms. The molecule has 28 heavy (non-hydrogen) atoms. The van der Waals surface area contributed by atoms with Crippen LogP contribution in [0.4, 0.5) is 5.69 Å². The number of hydrogen-bond acceptors (Lipinski definition) is 3. The van der Waals surface area contributed by atoms with Crippen LogP contribution in [0.25, 0.3) is 0 Å². The van der Waals surface area contributed by atoms with Crippen LogP contribution in [-0.4, -0.2) is 22.8 Å². The molecule has 1 unspecified atom stereocenters. The molecule has 1 saturated carbocycles. The molecule has 0 bridgehead atoms. The molecule has 0 saturated heterocycles. The molecule has 5 heteroatoms. The largest absolute Gasteiger partial charge is 0.353 e. The molecule has 1 fully saturated rings. The maximum Gasteiger partial charge on any atom is 0.260 e. The first-order chi connectivity index (χ1) is 13.6. The van der Waals surface area contributed by atoms with Crippen molar-refractivity contribution in [1.82, 2.24) is 10.3 Å². The molecule has 2 amide bonds. The fourth-order valence-electron chi connectivity index (χ4n) is 4.41. The number of pyridine rings is 1. The Morgan fingerprint density at radius 3 is 2.68 bits per heavy atom. The second kappa shape index (κ2) is 8.13. The lowest BCUT2D eigenvalue weighted by atomic mass is 10.1. The van der Waals surface area contributed by atoms with Crippen LogP contribution in [0.2, 0.25) is 0 Å². The lowest BCUT2D eigenvalue weighted by molar-refractivity contribution is -0.122. The Kier molecular flexibility index (Phi) is 5.42. The Labute approximate surface area is 166 Å². The number of hydrogen-bond donors (Lipinski definition) is 1. The number of fused-ring (bicyclic) bond motifs is 1. The SMILES string of the molecule is Cc1cccc(N2C(=O)c3cccnc3C2CC(=O)NC2CCCCCC2)c1. The van der Waals surface area contributed by atoms with E-state index in [0.29, 0.717) is 11.3 Å². The van der Waals surface area contributed by atoms with Crippen molar-refractivity contribution in [3.8, 4) is 0 Å². The fraction of sp³-hybridized carbons (Fsp3) is 0.435. The van der Waals surface area contributed by atoms with Gasteiger partial charge < -0.3 is 5.32 Å². The van der Waals surface area contributed by atoms with Gasteiger partial charge in [0.15, 0.2) is 0 Å². The number of nitrogens with one attached hydrogen (secondary N) is 1. The zero-order valence-electron chi connectivity index (χ0n) is 16.4. The van der Waals surface area contributed by atoms with Gasteiger partial charge in [0, 0.05) is 17.9 Å². The predicted molar refractivity (Wildman–Crippen MR) is 109 cm³/mol. The highest BCUT2D eigenvalue weighted by molar-refractivity contribution is 6.11. The number of rotatable bonds is 4. The van der Waals surface area contributed by atoms with Crippen molar-refractivity contribution >= 4 is 17.5 Å². The Bertz CT molecular complexity index is 872. The highest BCUT2D eigenvalue weighted by atomic mass is 16.2. The first kappa shape index (κ1) is 18.7. The van der Waals surface area contributed by atoms with Gasteiger partial charge in [-0.15, -0.1) is 0 Å². The first-order valence-corrected chi connectivity index (χ1v) is 10.3. The average molecular weight is 377 g/mol. The van der Waals surface area contributed by atoms with Crippen molar-refractivity contribution in [3.05, 3.63) is 59.4 Å². The summed E-state index contributed by atoms with van der Waals surface area (Å²) >= 11 is 0. The van der Waals surface area contributed by atoms with Gasteiger partial charge in [0.2, 0.25) is 5.91 Å². The number of anilines is 1. The standard InChI is InChI=1S/C23H27N3O2/c1-16-8-6-11-18(14-16)26-20(22-19(23(26)28)12-7-13-24-22)15-21(27)25-17-9-4-2-3-5-10-17/h6-8,11-14,17,20H,2-5,9-10,15H2,1H3,(H,25,27). The second-order valence-corrected chi connectivity index (χ2v) is 7.93. The molecular weight excluding hydrogens is 350 g/mol. The van der Waals surface area contributed by atoms with Crippen LogP contribution in [0.3, 0.4) is 0 Å². The van der Waals surface area contributed by atoms with E-state index in [4.69, 9.17) is 0 Å². The number of nitrogens with zero attached hydrogens (tertiary/aromatic N) is 2. The summed E-state index contributed by atoms with van der Waals surface area (Å²) in [7, 11) is 0. The third-order valence-electron chi connectivity index (χ3n) is 5.79. The van der Waals surface area contributed by atoms with E-state index in [1.54, 1.807) is 23.2 Å². The van der Waals surface area contributed by atoms with Crippen LogP contribution >= 0.6 is 0 Å². The molecule has 4 rings (SSSR count). The molecular formula is C23H27N3O2. The molecule has 2 heterocycles. The molecule has 1 atom stereocenters. The van der Waals surface area contributed by atoms with Gasteiger partial charge in [0.05, 0.1) is 23.7 Å². The zero-order valence-corrected chi connectivity index (χ0v) is 16.4. The quantitative estimate of drug-likeness (QED) is 0.807. The van der Waals surface area contributed by atoms with E-state index in [1.165, 1.54) is 25.7 Å². The highest BCUT2D eigenvalue weighted by Gasteiger charge is 2.40. The van der Waals surface area contributed by atoms with Crippen molar-refractivity contribution in [2.75, 3.05) is 4.90 Å². The third-order valence-corrected chi connectivity index (χ3v) is 5.79. The smallest absolute Gasteiger partial charge is 0.260 e. The second-order valence-electron chi connectivity index (χ2n) is 7.93. The molecule has 1 N–H and O–H groups in total. The summed E-state index contributed by atoms with van der Waals surface area (Å²) in [5.74, 6) is -0.0816. The van der Waals surface area contributed by atoms with Gasteiger partial charge in [-0.05, 0) is 49.6 Å². The van der Waals surface area contributed by atoms with Crippen molar-refractivity contribution < 1.29 is 9.59 Å². The number of carbonyl (C=O) groups is 2. The zero-order chi connectivity index (χ0) is 19.5. The topological polar surface area (TPSA) is 62.3 Å². The van der Waals surface area contributed by atoms with Crippen molar-refractivity contribution in [2.45, 2.75) is 64.0 Å². The molecule has 5 nitrogen and oxygen atoms in total. The average Bonchev–Trinajstić information content (AvgIpc) is 2.84. The first-order valence-electron chi connectivity index (χ1n) is 10.3. The van der Waals surface area contributed by atoms with Gasteiger partial charge in [-0.1, -0.05) is 37.8 Å². The van der Waals surface area contributed by atoms with Gasteiger partial charge in [-0.2, -0.15) is 0 Å². The molecule has 1 aliphatic heterocycles. The predicted octanol–water partition coefficient (Wildman–Crippen LogP) is 4.32. The number of carbonyl (C=O) groups excluding carboxylic acids is 2. The summed E-state index contributed by atoms with van der Waals surface area (Å²) in [5.41, 5.74) is 3.19. The summed E-state index contributed by atoms with van der Waals surface area (Å²) in [6, 6.07) is 11.3. The van der Waals surface area contributed by atoms with Crippen molar-refractivity contribution in [2.24, 2.45) is 0 Å². The highest BCUT2D eigenvalue weighted by Crippen LogP contribution is 2.38. The number of aromatic nitrogens is 1. The molecule has 146 valence electrons. The van der Waals surface area contributed by atoms with Gasteiger partial charge >= 0.3 is 0 Å². The molecule has 1 aliphatic carbocycles. The van der Waals surface area contributed by atoms with Crippen LogP contribution in [0, 0.1) is 6.92 Å². The summed E-state index contributed by atoms with van der Waals surface area (Å²) < 4.78 is 0.